The van der Waals surface area contributed by atoms with E-state index in [4.69, 9.17) is 4.74 Å². The second-order valence-electron chi connectivity index (χ2n) is 10.1. The molecule has 4 rings (SSSR count). The molecule has 0 aliphatic heterocycles. The molecule has 2 aliphatic rings. The Morgan fingerprint density at radius 3 is 1.84 bits per heavy atom. The largest absolute Gasteiger partial charge is 0.494 e. The lowest BCUT2D eigenvalue weighted by Crippen LogP contribution is -2.37. The third-order valence-electron chi connectivity index (χ3n) is 7.61. The van der Waals surface area contributed by atoms with Crippen molar-refractivity contribution < 1.29 is 35.8 Å². The van der Waals surface area contributed by atoms with E-state index in [1.807, 2.05) is 19.1 Å². The molecule has 0 N–H and O–H groups in total. The first-order valence-corrected chi connectivity index (χ1v) is 13.0. The fraction of sp³-hybridized carbons (Fsp3) is 0.517. The molecule has 2 aromatic carbocycles. The summed E-state index contributed by atoms with van der Waals surface area (Å²) in [5.74, 6) is -5.63. The van der Waals surface area contributed by atoms with Gasteiger partial charge in [-0.2, -0.15) is 8.78 Å². The van der Waals surface area contributed by atoms with Gasteiger partial charge in [-0.25, -0.2) is 17.6 Å². The van der Waals surface area contributed by atoms with E-state index >= 15 is 0 Å². The van der Waals surface area contributed by atoms with Gasteiger partial charge in [0.05, 0.1) is 12.5 Å². The maximum atomic E-state index is 14.6. The lowest BCUT2D eigenvalue weighted by atomic mass is 9.77. The number of alkyl halides is 2. The van der Waals surface area contributed by atoms with Crippen LogP contribution >= 0.6 is 0 Å². The van der Waals surface area contributed by atoms with Crippen molar-refractivity contribution in [2.75, 3.05) is 6.61 Å². The fourth-order valence-electron chi connectivity index (χ4n) is 5.51. The molecule has 2 aliphatic carbocycles. The van der Waals surface area contributed by atoms with Crippen molar-refractivity contribution in [2.24, 2.45) is 17.8 Å². The molecule has 0 aromatic heterocycles. The van der Waals surface area contributed by atoms with E-state index in [0.29, 0.717) is 43.2 Å². The Morgan fingerprint density at radius 2 is 1.30 bits per heavy atom. The summed E-state index contributed by atoms with van der Waals surface area (Å²) in [6.45, 7) is 2.35. The molecule has 2 saturated carbocycles. The molecular weight excluding hydrogens is 494 g/mol. The van der Waals surface area contributed by atoms with Crippen molar-refractivity contribution in [1.29, 1.82) is 0 Å². The molecule has 0 saturated heterocycles. The Labute approximate surface area is 213 Å². The van der Waals surface area contributed by atoms with Crippen molar-refractivity contribution >= 4 is 0 Å². The van der Waals surface area contributed by atoms with Crippen molar-refractivity contribution in [3.8, 4) is 11.5 Å². The van der Waals surface area contributed by atoms with Gasteiger partial charge < -0.3 is 9.47 Å². The van der Waals surface area contributed by atoms with E-state index < -0.39 is 35.2 Å². The highest BCUT2D eigenvalue weighted by molar-refractivity contribution is 5.31. The van der Waals surface area contributed by atoms with E-state index in [1.54, 1.807) is 0 Å². The highest BCUT2D eigenvalue weighted by Gasteiger charge is 2.44. The zero-order chi connectivity index (χ0) is 26.6. The smallest absolute Gasteiger partial charge is 0.400 e. The van der Waals surface area contributed by atoms with Crippen LogP contribution in [0.4, 0.5) is 26.3 Å². The van der Waals surface area contributed by atoms with Gasteiger partial charge in [0, 0.05) is 18.2 Å². The topological polar surface area (TPSA) is 18.5 Å². The predicted molar refractivity (Wildman–Crippen MR) is 129 cm³/mol. The molecule has 8 heteroatoms. The number of benzene rings is 2. The van der Waals surface area contributed by atoms with Crippen LogP contribution in [0.2, 0.25) is 0 Å². The number of ether oxygens (including phenoxy) is 2. The molecule has 2 nitrogen and oxygen atoms in total. The van der Waals surface area contributed by atoms with Gasteiger partial charge in [-0.1, -0.05) is 18.2 Å². The quantitative estimate of drug-likeness (QED) is 0.194. The van der Waals surface area contributed by atoms with Gasteiger partial charge in [0.15, 0.2) is 17.5 Å². The number of rotatable bonds is 8. The first-order chi connectivity index (χ1) is 17.7. The average molecular weight is 527 g/mol. The Balaban J connectivity index is 1.24. The maximum absolute atomic E-state index is 14.6. The molecule has 2 fully saturated rings. The minimum absolute atomic E-state index is 0.175. The predicted octanol–water partition coefficient (Wildman–Crippen LogP) is 8.95. The summed E-state index contributed by atoms with van der Waals surface area (Å²) >= 11 is 0. The van der Waals surface area contributed by atoms with Crippen molar-refractivity contribution in [2.45, 2.75) is 70.3 Å². The van der Waals surface area contributed by atoms with Crippen molar-refractivity contribution in [1.82, 2.24) is 0 Å². The summed E-state index contributed by atoms with van der Waals surface area (Å²) in [6.07, 6.45) is 5.87. The van der Waals surface area contributed by atoms with Gasteiger partial charge in [-0.15, -0.1) is 0 Å². The number of hydrogen-bond acceptors (Lipinski definition) is 2. The average Bonchev–Trinajstić information content (AvgIpc) is 2.87. The number of hydrogen-bond donors (Lipinski definition) is 0. The van der Waals surface area contributed by atoms with Crippen LogP contribution < -0.4 is 9.47 Å². The summed E-state index contributed by atoms with van der Waals surface area (Å²) < 4.78 is 93.5. The van der Waals surface area contributed by atoms with Crippen LogP contribution in [0.5, 0.6) is 11.5 Å². The highest BCUT2D eigenvalue weighted by atomic mass is 19.3. The second-order valence-corrected chi connectivity index (χ2v) is 10.1. The van der Waals surface area contributed by atoms with Gasteiger partial charge >= 0.3 is 6.11 Å². The van der Waals surface area contributed by atoms with Crippen LogP contribution in [0.25, 0.3) is 0 Å². The Morgan fingerprint density at radius 1 is 0.757 bits per heavy atom. The zero-order valence-corrected chi connectivity index (χ0v) is 20.8. The van der Waals surface area contributed by atoms with Crippen LogP contribution in [0.1, 0.15) is 69.8 Å². The monoisotopic (exact) mass is 526 g/mol. The van der Waals surface area contributed by atoms with E-state index in [1.165, 1.54) is 6.07 Å². The summed E-state index contributed by atoms with van der Waals surface area (Å²) in [6, 6.07) is 5.95. The zero-order valence-electron chi connectivity index (χ0n) is 20.8. The third-order valence-corrected chi connectivity index (χ3v) is 7.61. The summed E-state index contributed by atoms with van der Waals surface area (Å²) in [4.78, 5) is 0. The highest BCUT2D eigenvalue weighted by Crippen LogP contribution is 2.42. The van der Waals surface area contributed by atoms with Crippen LogP contribution in [0.3, 0.4) is 0 Å². The van der Waals surface area contributed by atoms with Crippen LogP contribution in [0.15, 0.2) is 42.5 Å². The van der Waals surface area contributed by atoms with Gasteiger partial charge in [-0.05, 0) is 87.7 Å². The van der Waals surface area contributed by atoms with Gasteiger partial charge in [0.1, 0.15) is 17.3 Å². The molecule has 0 unspecified atom stereocenters. The first-order valence-electron chi connectivity index (χ1n) is 13.0. The Bertz CT molecular complexity index is 1060. The molecule has 2 aromatic rings. The summed E-state index contributed by atoms with van der Waals surface area (Å²) in [5, 5.41) is 0. The standard InChI is InChI=1S/C29H32F6O2/c1-2-36-22-13-14-24(25(30)15-22)20-9-5-18(6-10-20)3-4-19-7-11-21(12-8-19)29(34,35)37-23-16-26(31)28(33)27(32)17-23/h3-4,13-21H,2,5-12H2,1H3/b4-3+. The molecule has 202 valence electrons. The van der Waals surface area contributed by atoms with Crippen LogP contribution in [-0.4, -0.2) is 12.7 Å². The molecule has 0 radical (unpaired) electrons. The van der Waals surface area contributed by atoms with E-state index in [0.717, 1.165) is 31.2 Å². The van der Waals surface area contributed by atoms with Crippen LogP contribution in [0, 0.1) is 41.0 Å². The lowest BCUT2D eigenvalue weighted by Gasteiger charge is -2.32. The van der Waals surface area contributed by atoms with E-state index in [9.17, 15) is 26.3 Å². The number of allylic oxidation sites excluding steroid dienone is 2. The molecule has 0 atom stereocenters. The van der Waals surface area contributed by atoms with Gasteiger partial charge in [0.25, 0.3) is 0 Å². The summed E-state index contributed by atoms with van der Waals surface area (Å²) in [7, 11) is 0. The maximum Gasteiger partial charge on any atom is 0.400 e. The molecule has 0 heterocycles. The molecule has 0 bridgehead atoms. The van der Waals surface area contributed by atoms with E-state index in [2.05, 4.69) is 16.9 Å². The fourth-order valence-corrected chi connectivity index (χ4v) is 5.51. The SMILES string of the molecule is CCOc1ccc(C2CCC(/C=C/C3CCC(C(F)(F)Oc4cc(F)c(F)c(F)c4)CC3)CC2)c(F)c1. The first kappa shape index (κ1) is 27.4. The minimum Gasteiger partial charge on any atom is -0.494 e. The minimum atomic E-state index is -3.61. The second kappa shape index (κ2) is 11.8. The van der Waals surface area contributed by atoms with Crippen molar-refractivity contribution in [3.05, 3.63) is 71.3 Å². The third kappa shape index (κ3) is 6.82. The normalized spacial score (nSPS) is 24.8. The Hall–Kier alpha value is -2.64. The van der Waals surface area contributed by atoms with E-state index in [-0.39, 0.29) is 30.5 Å². The number of halogens is 6. The molecule has 0 amide bonds. The molecule has 37 heavy (non-hydrogen) atoms. The summed E-state index contributed by atoms with van der Waals surface area (Å²) in [5.41, 5.74) is 0.735. The van der Waals surface area contributed by atoms with Gasteiger partial charge in [0.2, 0.25) is 0 Å². The van der Waals surface area contributed by atoms with Gasteiger partial charge in [-0.3, -0.25) is 0 Å². The molecule has 0 spiro atoms. The Kier molecular flexibility index (Phi) is 8.75. The van der Waals surface area contributed by atoms with Crippen LogP contribution in [-0.2, 0) is 0 Å². The van der Waals surface area contributed by atoms with Crippen molar-refractivity contribution in [3.63, 3.8) is 0 Å². The molecular formula is C29H32F6O2. The lowest BCUT2D eigenvalue weighted by molar-refractivity contribution is -0.223.